The lowest BCUT2D eigenvalue weighted by Crippen LogP contribution is -2.09. The van der Waals surface area contributed by atoms with Gasteiger partial charge >= 0.3 is 0 Å². The molecule has 0 aromatic rings. The smallest absolute Gasteiger partial charge is 0.0558 e. The lowest BCUT2D eigenvalue weighted by Gasteiger charge is -2.19. The first-order valence-corrected chi connectivity index (χ1v) is 7.34. The van der Waals surface area contributed by atoms with Crippen molar-refractivity contribution in [2.45, 2.75) is 31.9 Å². The molecule has 4 heteroatoms. The van der Waals surface area contributed by atoms with E-state index in [2.05, 4.69) is 42.3 Å². The molecule has 1 N–H and O–H groups in total. The van der Waals surface area contributed by atoms with E-state index in [-0.39, 0.29) is 5.41 Å². The zero-order chi connectivity index (χ0) is 12.0. The van der Waals surface area contributed by atoms with Crippen LogP contribution in [0.2, 0.25) is 0 Å². The number of rotatable bonds is 8. The van der Waals surface area contributed by atoms with Crippen molar-refractivity contribution in [1.29, 1.82) is 0 Å². The molecule has 0 unspecified atom stereocenters. The van der Waals surface area contributed by atoms with E-state index in [0.29, 0.717) is 0 Å². The zero-order valence-corrected chi connectivity index (χ0v) is 11.7. The third kappa shape index (κ3) is 4.76. The summed E-state index contributed by atoms with van der Waals surface area (Å²) < 4.78 is 3.34. The Balaban J connectivity index is 2.28. The van der Waals surface area contributed by atoms with E-state index >= 15 is 0 Å². The Morgan fingerprint density at radius 2 is 2.25 bits per heavy atom. The van der Waals surface area contributed by atoms with Crippen molar-refractivity contribution in [1.82, 2.24) is 4.72 Å². The Kier molecular flexibility index (Phi) is 5.66. The van der Waals surface area contributed by atoms with E-state index in [1.807, 2.05) is 18.0 Å². The maximum atomic E-state index is 4.06. The zero-order valence-electron chi connectivity index (χ0n) is 10.0. The highest BCUT2D eigenvalue weighted by Crippen LogP contribution is 2.32. The van der Waals surface area contributed by atoms with Crippen molar-refractivity contribution >= 4 is 30.4 Å². The topological polar surface area (TPSA) is 24.4 Å². The number of aliphatic imine (C=N–C) groups is 1. The van der Waals surface area contributed by atoms with Gasteiger partial charge in [0.25, 0.3) is 0 Å². The fraction of sp³-hybridized carbons (Fsp3) is 0.583. The minimum atomic E-state index is -0.0988. The van der Waals surface area contributed by atoms with E-state index in [1.165, 1.54) is 12.8 Å². The van der Waals surface area contributed by atoms with Gasteiger partial charge in [-0.15, -0.1) is 18.3 Å². The van der Waals surface area contributed by atoms with Crippen molar-refractivity contribution in [3.63, 3.8) is 0 Å². The summed E-state index contributed by atoms with van der Waals surface area (Å²) in [6, 6.07) is 0. The van der Waals surface area contributed by atoms with Crippen LogP contribution in [0.5, 0.6) is 0 Å². The van der Waals surface area contributed by atoms with Crippen LogP contribution in [0.1, 0.15) is 26.7 Å². The molecule has 1 rings (SSSR count). The standard InChI is InChI=1S/C12H20N2S2/c1-5-12(2,3)11(13-4)8-15-9-14-16-10-6-7-10/h5,8,10,14H,1,4,6-7,9H2,2-3H3/b11-8-. The van der Waals surface area contributed by atoms with Gasteiger partial charge in [0, 0.05) is 10.7 Å². The fourth-order valence-corrected chi connectivity index (χ4v) is 2.76. The molecule has 0 saturated heterocycles. The van der Waals surface area contributed by atoms with E-state index < -0.39 is 0 Å². The molecule has 0 aromatic heterocycles. The van der Waals surface area contributed by atoms with Gasteiger partial charge in [-0.3, -0.25) is 9.71 Å². The predicted molar refractivity (Wildman–Crippen MR) is 77.8 cm³/mol. The molecule has 0 radical (unpaired) electrons. The molecule has 0 heterocycles. The minimum absolute atomic E-state index is 0.0988. The summed E-state index contributed by atoms with van der Waals surface area (Å²) in [7, 11) is 0. The highest BCUT2D eigenvalue weighted by molar-refractivity contribution is 8.03. The molecule has 0 aromatic carbocycles. The number of hydrogen-bond donors (Lipinski definition) is 1. The maximum absolute atomic E-state index is 4.06. The van der Waals surface area contributed by atoms with Crippen LogP contribution in [0.15, 0.2) is 28.8 Å². The summed E-state index contributed by atoms with van der Waals surface area (Å²) in [4.78, 5) is 4.06. The third-order valence-electron chi connectivity index (χ3n) is 2.45. The molecule has 1 aliphatic carbocycles. The largest absolute Gasteiger partial charge is 0.268 e. The van der Waals surface area contributed by atoms with Crippen LogP contribution in [-0.2, 0) is 0 Å². The van der Waals surface area contributed by atoms with Crippen molar-refractivity contribution in [2.24, 2.45) is 10.4 Å². The van der Waals surface area contributed by atoms with E-state index in [4.69, 9.17) is 0 Å². The van der Waals surface area contributed by atoms with Gasteiger partial charge in [-0.05, 0) is 25.0 Å². The Bertz CT molecular complexity index is 281. The van der Waals surface area contributed by atoms with Gasteiger partial charge in [-0.2, -0.15) is 0 Å². The highest BCUT2D eigenvalue weighted by Gasteiger charge is 2.21. The summed E-state index contributed by atoms with van der Waals surface area (Å²) in [5.41, 5.74) is 0.879. The second-order valence-corrected chi connectivity index (χ2v) is 6.41. The van der Waals surface area contributed by atoms with Crippen molar-refractivity contribution in [3.05, 3.63) is 23.8 Å². The second kappa shape index (κ2) is 6.52. The lowest BCUT2D eigenvalue weighted by molar-refractivity contribution is 0.577. The molecule has 0 bridgehead atoms. The van der Waals surface area contributed by atoms with Gasteiger partial charge in [-0.25, -0.2) is 0 Å². The van der Waals surface area contributed by atoms with E-state index in [9.17, 15) is 0 Å². The molecule has 0 atom stereocenters. The molecule has 0 amide bonds. The Hall–Kier alpha value is -0.190. The second-order valence-electron chi connectivity index (χ2n) is 4.36. The first-order chi connectivity index (χ1) is 7.60. The molecule has 1 saturated carbocycles. The molecule has 90 valence electrons. The lowest BCUT2D eigenvalue weighted by atomic mass is 9.91. The molecule has 0 spiro atoms. The Morgan fingerprint density at radius 3 is 2.75 bits per heavy atom. The SMILES string of the molecule is C=CC(C)(C)/C(=C/SCNSC1CC1)N=C. The first kappa shape index (κ1) is 13.9. The quantitative estimate of drug-likeness (QED) is 0.235. The molecule has 2 nitrogen and oxygen atoms in total. The van der Waals surface area contributed by atoms with Gasteiger partial charge in [0.05, 0.1) is 11.6 Å². The molecular formula is C12H20N2S2. The number of hydrogen-bond acceptors (Lipinski definition) is 4. The summed E-state index contributed by atoms with van der Waals surface area (Å²) in [5, 5.41) is 2.92. The molecule has 16 heavy (non-hydrogen) atoms. The molecule has 1 fully saturated rings. The van der Waals surface area contributed by atoms with Gasteiger partial charge in [0.1, 0.15) is 0 Å². The Labute approximate surface area is 107 Å². The predicted octanol–water partition coefficient (Wildman–Crippen LogP) is 3.83. The number of nitrogens with one attached hydrogen (secondary N) is 1. The van der Waals surface area contributed by atoms with Crippen LogP contribution in [0, 0.1) is 5.41 Å². The van der Waals surface area contributed by atoms with E-state index in [1.54, 1.807) is 11.8 Å². The maximum Gasteiger partial charge on any atom is 0.0558 e. The number of nitrogens with zero attached hydrogens (tertiary/aromatic N) is 1. The van der Waals surface area contributed by atoms with Gasteiger partial charge in [-0.1, -0.05) is 31.9 Å². The van der Waals surface area contributed by atoms with Crippen LogP contribution in [0.3, 0.4) is 0 Å². The van der Waals surface area contributed by atoms with Crippen LogP contribution >= 0.6 is 23.7 Å². The summed E-state index contributed by atoms with van der Waals surface area (Å²) in [6.45, 7) is 11.6. The average molecular weight is 256 g/mol. The van der Waals surface area contributed by atoms with Gasteiger partial charge in [0.2, 0.25) is 0 Å². The van der Waals surface area contributed by atoms with Crippen molar-refractivity contribution < 1.29 is 0 Å². The number of allylic oxidation sites excluding steroid dienone is 1. The van der Waals surface area contributed by atoms with E-state index in [0.717, 1.165) is 16.8 Å². The van der Waals surface area contributed by atoms with Crippen LogP contribution < -0.4 is 4.72 Å². The van der Waals surface area contributed by atoms with Crippen LogP contribution in [0.4, 0.5) is 0 Å². The first-order valence-electron chi connectivity index (χ1n) is 5.41. The highest BCUT2D eigenvalue weighted by atomic mass is 32.2. The van der Waals surface area contributed by atoms with Crippen molar-refractivity contribution in [2.75, 3.05) is 5.88 Å². The Morgan fingerprint density at radius 1 is 1.56 bits per heavy atom. The summed E-state index contributed by atoms with van der Waals surface area (Å²) in [6.07, 6.45) is 4.63. The molecule has 0 aliphatic heterocycles. The van der Waals surface area contributed by atoms with Crippen molar-refractivity contribution in [3.8, 4) is 0 Å². The van der Waals surface area contributed by atoms with Gasteiger partial charge in [0.15, 0.2) is 0 Å². The summed E-state index contributed by atoms with van der Waals surface area (Å²) in [5.74, 6) is 0.910. The monoisotopic (exact) mass is 256 g/mol. The average Bonchev–Trinajstić information content (AvgIpc) is 3.07. The van der Waals surface area contributed by atoms with Crippen LogP contribution in [-0.4, -0.2) is 17.8 Å². The molecule has 1 aliphatic rings. The summed E-state index contributed by atoms with van der Waals surface area (Å²) >= 11 is 3.57. The van der Waals surface area contributed by atoms with Gasteiger partial charge < -0.3 is 0 Å². The third-order valence-corrected chi connectivity index (χ3v) is 4.45. The fourth-order valence-electron chi connectivity index (χ4n) is 0.990. The number of thioether (sulfide) groups is 1. The van der Waals surface area contributed by atoms with Crippen LogP contribution in [0.25, 0.3) is 0 Å². The minimum Gasteiger partial charge on any atom is -0.268 e. The molecular weight excluding hydrogens is 236 g/mol. The normalized spacial score (nSPS) is 17.2.